The number of hydrogen-bond acceptors (Lipinski definition) is 3. The highest BCUT2D eigenvalue weighted by molar-refractivity contribution is 9.09. The third-order valence-electron chi connectivity index (χ3n) is 3.43. The molecule has 19 heavy (non-hydrogen) atoms. The second-order valence-electron chi connectivity index (χ2n) is 5.22. The molecule has 0 spiro atoms. The molecular weight excluding hydrogens is 310 g/mol. The lowest BCUT2D eigenvalue weighted by Gasteiger charge is -2.30. The number of rotatable bonds is 8. The van der Waals surface area contributed by atoms with E-state index < -0.39 is 4.92 Å². The lowest BCUT2D eigenvalue weighted by atomic mass is 9.81. The minimum atomic E-state index is -0.415. The molecule has 0 saturated heterocycles. The van der Waals surface area contributed by atoms with Crippen molar-refractivity contribution in [2.24, 2.45) is 5.41 Å². The summed E-state index contributed by atoms with van der Waals surface area (Å²) >= 11 is 3.61. The van der Waals surface area contributed by atoms with Gasteiger partial charge in [0, 0.05) is 10.7 Å². The average Bonchev–Trinajstić information content (AvgIpc) is 2.70. The van der Waals surface area contributed by atoms with Crippen LogP contribution in [0.3, 0.4) is 0 Å². The largest absolute Gasteiger partial charge is 0.392 e. The van der Waals surface area contributed by atoms with Crippen molar-refractivity contribution in [3.63, 3.8) is 0 Å². The van der Waals surface area contributed by atoms with E-state index in [1.807, 2.05) is 0 Å². The molecule has 1 aromatic heterocycles. The molecule has 0 N–H and O–H groups in total. The molecule has 0 aliphatic heterocycles. The first-order chi connectivity index (χ1) is 8.98. The van der Waals surface area contributed by atoms with Crippen LogP contribution in [0.5, 0.6) is 0 Å². The Morgan fingerprint density at radius 3 is 2.37 bits per heavy atom. The van der Waals surface area contributed by atoms with Crippen molar-refractivity contribution < 1.29 is 4.92 Å². The van der Waals surface area contributed by atoms with Gasteiger partial charge in [0.25, 0.3) is 0 Å². The molecule has 0 radical (unpaired) electrons. The maximum atomic E-state index is 10.8. The van der Waals surface area contributed by atoms with E-state index in [2.05, 4.69) is 34.9 Å². The van der Waals surface area contributed by atoms with E-state index in [1.54, 1.807) is 17.8 Å². The fourth-order valence-electron chi connectivity index (χ4n) is 2.64. The van der Waals surface area contributed by atoms with Crippen molar-refractivity contribution in [1.29, 1.82) is 0 Å². The molecule has 0 fully saturated rings. The van der Waals surface area contributed by atoms with Gasteiger partial charge < -0.3 is 10.1 Å². The summed E-state index contributed by atoms with van der Waals surface area (Å²) < 4.78 is 1.74. The van der Waals surface area contributed by atoms with Crippen molar-refractivity contribution in [1.82, 2.24) is 9.78 Å². The molecule has 108 valence electrons. The normalized spacial score (nSPS) is 11.8. The molecule has 6 heteroatoms. The average molecular weight is 332 g/mol. The Bertz CT molecular complexity index is 426. The van der Waals surface area contributed by atoms with E-state index in [9.17, 15) is 10.1 Å². The standard InChI is InChI=1S/C13H22BrN3O2/c1-4-6-13(9-14,7-5-2)10-16-8-11(3)12(15-16)17(18)19/h8H,4-7,9-10H2,1-3H3. The van der Waals surface area contributed by atoms with E-state index in [4.69, 9.17) is 0 Å². The summed E-state index contributed by atoms with van der Waals surface area (Å²) in [5.41, 5.74) is 0.761. The zero-order valence-electron chi connectivity index (χ0n) is 11.9. The molecule has 0 unspecified atom stereocenters. The minimum Gasteiger partial charge on any atom is -0.358 e. The lowest BCUT2D eigenvalue weighted by molar-refractivity contribution is -0.390. The van der Waals surface area contributed by atoms with Gasteiger partial charge in [0.15, 0.2) is 0 Å². The van der Waals surface area contributed by atoms with Gasteiger partial charge in [0.2, 0.25) is 0 Å². The highest BCUT2D eigenvalue weighted by Gasteiger charge is 2.30. The molecule has 0 aromatic carbocycles. The molecule has 0 saturated carbocycles. The van der Waals surface area contributed by atoms with Gasteiger partial charge in [-0.2, -0.15) is 4.68 Å². The van der Waals surface area contributed by atoms with Gasteiger partial charge in [0.05, 0.1) is 23.4 Å². The molecule has 1 heterocycles. The summed E-state index contributed by atoms with van der Waals surface area (Å²) in [7, 11) is 0. The van der Waals surface area contributed by atoms with Gasteiger partial charge >= 0.3 is 5.82 Å². The van der Waals surface area contributed by atoms with E-state index in [0.717, 1.165) is 37.6 Å². The maximum Gasteiger partial charge on any atom is 0.392 e. The molecule has 5 nitrogen and oxygen atoms in total. The third kappa shape index (κ3) is 4.03. The van der Waals surface area contributed by atoms with E-state index >= 15 is 0 Å². The van der Waals surface area contributed by atoms with Gasteiger partial charge in [0.1, 0.15) is 0 Å². The molecular formula is C13H22BrN3O2. The quantitative estimate of drug-likeness (QED) is 0.409. The van der Waals surface area contributed by atoms with Crippen molar-refractivity contribution in [3.05, 3.63) is 21.9 Å². The van der Waals surface area contributed by atoms with Crippen LogP contribution in [-0.4, -0.2) is 20.0 Å². The first-order valence-corrected chi connectivity index (χ1v) is 7.84. The predicted molar refractivity (Wildman–Crippen MR) is 79.7 cm³/mol. The number of nitro groups is 1. The third-order valence-corrected chi connectivity index (χ3v) is 4.62. The van der Waals surface area contributed by atoms with Crippen molar-refractivity contribution >= 4 is 21.7 Å². The Labute approximate surface area is 122 Å². The summed E-state index contributed by atoms with van der Waals surface area (Å²) in [6, 6.07) is 0. The summed E-state index contributed by atoms with van der Waals surface area (Å²) in [6.45, 7) is 6.80. The molecule has 0 amide bonds. The van der Waals surface area contributed by atoms with Crippen LogP contribution in [0.25, 0.3) is 0 Å². The van der Waals surface area contributed by atoms with Crippen LogP contribution in [0.4, 0.5) is 5.82 Å². The highest BCUT2D eigenvalue weighted by atomic mass is 79.9. The van der Waals surface area contributed by atoms with Crippen LogP contribution in [0, 0.1) is 22.5 Å². The summed E-state index contributed by atoms with van der Waals surface area (Å²) in [6.07, 6.45) is 6.18. The van der Waals surface area contributed by atoms with Crippen LogP contribution < -0.4 is 0 Å². The molecule has 0 aliphatic rings. The first kappa shape index (κ1) is 16.1. The SMILES string of the molecule is CCCC(CBr)(CCC)Cn1cc(C)c([N+](=O)[O-])n1. The van der Waals surface area contributed by atoms with Gasteiger partial charge in [-0.05, 0) is 24.7 Å². The van der Waals surface area contributed by atoms with Gasteiger partial charge in [-0.3, -0.25) is 0 Å². The second kappa shape index (κ2) is 7.03. The summed E-state index contributed by atoms with van der Waals surface area (Å²) in [4.78, 5) is 10.4. The van der Waals surface area contributed by atoms with Crippen LogP contribution in [0.2, 0.25) is 0 Å². The zero-order valence-corrected chi connectivity index (χ0v) is 13.4. The van der Waals surface area contributed by atoms with Gasteiger partial charge in [-0.1, -0.05) is 42.6 Å². The van der Waals surface area contributed by atoms with Crippen molar-refractivity contribution in [2.45, 2.75) is 53.0 Å². The Kier molecular flexibility index (Phi) is 5.97. The maximum absolute atomic E-state index is 10.8. The smallest absolute Gasteiger partial charge is 0.358 e. The monoisotopic (exact) mass is 331 g/mol. The molecule has 1 aromatic rings. The number of halogens is 1. The number of aryl methyl sites for hydroxylation is 1. The van der Waals surface area contributed by atoms with Crippen LogP contribution >= 0.6 is 15.9 Å². The number of alkyl halides is 1. The van der Waals surface area contributed by atoms with E-state index in [0.29, 0.717) is 5.56 Å². The Hall–Kier alpha value is -0.910. The number of aromatic nitrogens is 2. The minimum absolute atomic E-state index is 0.0310. The Balaban J connectivity index is 2.95. The Morgan fingerprint density at radius 2 is 2.00 bits per heavy atom. The van der Waals surface area contributed by atoms with Crippen LogP contribution in [0.15, 0.2) is 6.20 Å². The molecule has 1 rings (SSSR count). The first-order valence-electron chi connectivity index (χ1n) is 6.72. The van der Waals surface area contributed by atoms with Crippen molar-refractivity contribution in [3.8, 4) is 0 Å². The number of nitrogens with zero attached hydrogens (tertiary/aromatic N) is 3. The molecule has 0 bridgehead atoms. The zero-order chi connectivity index (χ0) is 14.5. The van der Waals surface area contributed by atoms with Gasteiger partial charge in [-0.15, -0.1) is 0 Å². The fourth-order valence-corrected chi connectivity index (χ4v) is 3.37. The lowest BCUT2D eigenvalue weighted by Crippen LogP contribution is -2.29. The summed E-state index contributed by atoms with van der Waals surface area (Å²) in [5, 5.41) is 15.8. The van der Waals surface area contributed by atoms with Gasteiger partial charge in [-0.25, -0.2) is 0 Å². The molecule has 0 aliphatic carbocycles. The topological polar surface area (TPSA) is 61.0 Å². The fraction of sp³-hybridized carbons (Fsp3) is 0.769. The van der Waals surface area contributed by atoms with E-state index in [1.165, 1.54) is 0 Å². The molecule has 0 atom stereocenters. The highest BCUT2D eigenvalue weighted by Crippen LogP contribution is 2.34. The predicted octanol–water partition coefficient (Wildman–Crippen LogP) is 4.08. The van der Waals surface area contributed by atoms with Crippen LogP contribution in [-0.2, 0) is 6.54 Å². The van der Waals surface area contributed by atoms with Crippen LogP contribution in [0.1, 0.15) is 45.1 Å². The second-order valence-corrected chi connectivity index (χ2v) is 5.78. The van der Waals surface area contributed by atoms with Crippen molar-refractivity contribution in [2.75, 3.05) is 5.33 Å². The Morgan fingerprint density at radius 1 is 1.42 bits per heavy atom. The number of hydrogen-bond donors (Lipinski definition) is 0. The summed E-state index contributed by atoms with van der Waals surface area (Å²) in [5.74, 6) is -0.0310. The van der Waals surface area contributed by atoms with E-state index in [-0.39, 0.29) is 11.2 Å².